The van der Waals surface area contributed by atoms with Gasteiger partial charge >= 0.3 is 5.97 Å². The molecule has 5 N–H and O–H groups in total. The van der Waals surface area contributed by atoms with E-state index < -0.39 is 22.8 Å². The molecule has 1 heterocycles. The van der Waals surface area contributed by atoms with Gasteiger partial charge < -0.3 is 35.0 Å². The molecule has 0 saturated heterocycles. The Hall–Kier alpha value is -3.56. The summed E-state index contributed by atoms with van der Waals surface area (Å²) < 4.78 is 26.5. The number of hydrogen-bond donors (Lipinski definition) is 3. The summed E-state index contributed by atoms with van der Waals surface area (Å²) in [5.74, 6) is 0.499. The number of carbonyl (C=O) groups is 2. The van der Waals surface area contributed by atoms with Gasteiger partial charge in [0.25, 0.3) is 0 Å². The van der Waals surface area contributed by atoms with Crippen LogP contribution in [0.5, 0.6) is 11.5 Å². The minimum atomic E-state index is -1.15. The number of carbonyl (C=O) groups excluding carboxylic acids is 2. The maximum atomic E-state index is 13.0. The quantitative estimate of drug-likeness (QED) is 0.264. The molecule has 8 nitrogen and oxygen atoms in total. The molecule has 1 aliphatic rings. The highest BCUT2D eigenvalue weighted by Gasteiger charge is 2.24. The number of aldehydes is 1. The second-order valence-corrected chi connectivity index (χ2v) is 8.75. The van der Waals surface area contributed by atoms with E-state index in [9.17, 15) is 14.1 Å². The van der Waals surface area contributed by atoms with Gasteiger partial charge in [-0.15, -0.1) is 0 Å². The summed E-state index contributed by atoms with van der Waals surface area (Å²) in [5, 5.41) is 3.02. The molecule has 0 amide bonds. The Labute approximate surface area is 200 Å². The average molecular weight is 485 g/mol. The zero-order chi connectivity index (χ0) is 24.7. The summed E-state index contributed by atoms with van der Waals surface area (Å²) >= 11 is 0. The molecule has 9 heteroatoms. The van der Waals surface area contributed by atoms with Crippen LogP contribution in [0.2, 0.25) is 0 Å². The predicted molar refractivity (Wildman–Crippen MR) is 133 cm³/mol. The second kappa shape index (κ2) is 11.5. The first kappa shape index (κ1) is 25.1. The maximum absolute atomic E-state index is 13.0. The van der Waals surface area contributed by atoms with Crippen molar-refractivity contribution in [2.45, 2.75) is 25.4 Å². The lowest BCUT2D eigenvalue weighted by Gasteiger charge is -2.23. The number of benzene rings is 2. The molecule has 3 rings (SSSR count). The van der Waals surface area contributed by atoms with Crippen molar-refractivity contribution in [2.75, 3.05) is 14.2 Å². The molecule has 0 aromatic heterocycles. The molecule has 0 aliphatic carbocycles. The van der Waals surface area contributed by atoms with Gasteiger partial charge in [-0.3, -0.25) is 0 Å². The molecule has 0 bridgehead atoms. The second-order valence-electron chi connectivity index (χ2n) is 7.59. The van der Waals surface area contributed by atoms with Crippen LogP contribution in [0.25, 0.3) is 0 Å². The van der Waals surface area contributed by atoms with Crippen LogP contribution in [0.4, 0.5) is 0 Å². The summed E-state index contributed by atoms with van der Waals surface area (Å²) in [5.41, 5.74) is 15.5. The predicted octanol–water partition coefficient (Wildman–Crippen LogP) is 3.69. The van der Waals surface area contributed by atoms with Crippen molar-refractivity contribution in [2.24, 2.45) is 11.5 Å². The zero-order valence-corrected chi connectivity index (χ0v) is 19.8. The number of hydrogen-bond acceptors (Lipinski definition) is 8. The highest BCUT2D eigenvalue weighted by atomic mass is 32.2. The zero-order valence-electron chi connectivity index (χ0n) is 19.0. The molecule has 180 valence electrons. The minimum Gasteiger partial charge on any atom is -0.493 e. The van der Waals surface area contributed by atoms with Crippen molar-refractivity contribution in [1.82, 2.24) is 0 Å². The first-order valence-corrected chi connectivity index (χ1v) is 11.8. The lowest BCUT2D eigenvalue weighted by molar-refractivity contribution is -0.107. The molecule has 0 radical (unpaired) electrons. The van der Waals surface area contributed by atoms with Crippen molar-refractivity contribution >= 4 is 28.4 Å². The van der Waals surface area contributed by atoms with Gasteiger partial charge in [0, 0.05) is 40.6 Å². The minimum absolute atomic E-state index is 0.195. The van der Waals surface area contributed by atoms with Crippen LogP contribution < -0.4 is 20.9 Å². The third-order valence-corrected chi connectivity index (χ3v) is 6.34. The normalized spacial score (nSPS) is 16.2. The molecule has 1 aliphatic heterocycles. The standard InChI is InChI=1S/C25H28N2O6S/c1-31-22-10-9-18(12-24(22)32-2)23(13-19-20(26)14-34(30)15-21(19)27)33-25(29)17-7-5-16(6-8-17)4-3-11-28/h5-12,14-15,23,30H,3-4,13,26-27H2,1-2H3/t23-/m0/s1. The number of esters is 1. The van der Waals surface area contributed by atoms with E-state index in [2.05, 4.69) is 0 Å². The Morgan fingerprint density at radius 2 is 1.79 bits per heavy atom. The highest BCUT2D eigenvalue weighted by Crippen LogP contribution is 2.36. The highest BCUT2D eigenvalue weighted by molar-refractivity contribution is 8.13. The summed E-state index contributed by atoms with van der Waals surface area (Å²) in [6, 6.07) is 12.2. The van der Waals surface area contributed by atoms with Gasteiger partial charge in [-0.1, -0.05) is 18.2 Å². The van der Waals surface area contributed by atoms with Gasteiger partial charge in [0.05, 0.1) is 19.8 Å². The lowest BCUT2D eigenvalue weighted by atomic mass is 9.97. The third kappa shape index (κ3) is 6.06. The van der Waals surface area contributed by atoms with Gasteiger partial charge in [0.2, 0.25) is 0 Å². The van der Waals surface area contributed by atoms with E-state index in [0.717, 1.165) is 11.8 Å². The molecule has 2 aromatic rings. The fourth-order valence-corrected chi connectivity index (χ4v) is 4.41. The van der Waals surface area contributed by atoms with Crippen molar-refractivity contribution in [1.29, 1.82) is 0 Å². The Kier molecular flexibility index (Phi) is 8.50. The van der Waals surface area contributed by atoms with Crippen molar-refractivity contribution in [3.63, 3.8) is 0 Å². The van der Waals surface area contributed by atoms with Crippen molar-refractivity contribution in [3.8, 4) is 11.5 Å². The van der Waals surface area contributed by atoms with E-state index in [4.69, 9.17) is 25.7 Å². The van der Waals surface area contributed by atoms with E-state index in [-0.39, 0.29) is 6.42 Å². The van der Waals surface area contributed by atoms with Crippen LogP contribution >= 0.6 is 10.8 Å². The molecule has 34 heavy (non-hydrogen) atoms. The summed E-state index contributed by atoms with van der Waals surface area (Å²) in [7, 11) is 1.91. The Balaban J connectivity index is 1.92. The Morgan fingerprint density at radius 3 is 2.41 bits per heavy atom. The maximum Gasteiger partial charge on any atom is 0.338 e. The number of allylic oxidation sites excluding steroid dienone is 2. The van der Waals surface area contributed by atoms with E-state index >= 15 is 0 Å². The molecule has 0 spiro atoms. The van der Waals surface area contributed by atoms with Gasteiger partial charge in [0.15, 0.2) is 11.5 Å². The van der Waals surface area contributed by atoms with E-state index in [1.807, 2.05) is 0 Å². The van der Waals surface area contributed by atoms with Crippen LogP contribution in [-0.2, 0) is 16.0 Å². The first-order chi connectivity index (χ1) is 16.4. The molecular formula is C25H28N2O6S. The van der Waals surface area contributed by atoms with Gasteiger partial charge in [-0.2, -0.15) is 0 Å². The monoisotopic (exact) mass is 484 g/mol. The molecule has 0 fully saturated rings. The van der Waals surface area contributed by atoms with Crippen LogP contribution in [-0.4, -0.2) is 36.4 Å². The SMILES string of the molecule is COc1ccc([C@H](CC2=C(N)C=S(O)C=C2N)OC(=O)c2ccc(CCC=O)cc2)cc1OC. The lowest BCUT2D eigenvalue weighted by Crippen LogP contribution is -2.19. The smallest absolute Gasteiger partial charge is 0.338 e. The van der Waals surface area contributed by atoms with Gasteiger partial charge in [-0.25, -0.2) is 4.79 Å². The Bertz CT molecular complexity index is 1150. The van der Waals surface area contributed by atoms with E-state index in [0.29, 0.717) is 52.4 Å². The fraction of sp³-hybridized carbons (Fsp3) is 0.240. The number of methoxy groups -OCH3 is 2. The molecule has 0 saturated carbocycles. The van der Waals surface area contributed by atoms with Gasteiger partial charge in [-0.05, 0) is 52.6 Å². The van der Waals surface area contributed by atoms with E-state index in [1.54, 1.807) is 42.5 Å². The summed E-state index contributed by atoms with van der Waals surface area (Å²) in [4.78, 5) is 23.6. The number of aryl methyl sites for hydroxylation is 1. The molecular weight excluding hydrogens is 456 g/mol. The third-order valence-electron chi connectivity index (χ3n) is 5.35. The first-order valence-electron chi connectivity index (χ1n) is 10.5. The van der Waals surface area contributed by atoms with Crippen molar-refractivity contribution in [3.05, 3.63) is 81.5 Å². The average Bonchev–Trinajstić information content (AvgIpc) is 2.83. The molecule has 2 atom stereocenters. The largest absolute Gasteiger partial charge is 0.493 e. The fourth-order valence-electron chi connectivity index (χ4n) is 3.54. The van der Waals surface area contributed by atoms with Gasteiger partial charge in [0.1, 0.15) is 12.4 Å². The van der Waals surface area contributed by atoms with Crippen LogP contribution in [0.1, 0.15) is 40.4 Å². The topological polar surface area (TPSA) is 134 Å². The van der Waals surface area contributed by atoms with Crippen LogP contribution in [0, 0.1) is 0 Å². The Morgan fingerprint density at radius 1 is 1.09 bits per heavy atom. The summed E-state index contributed by atoms with van der Waals surface area (Å²) in [6.07, 6.45) is 1.34. The number of ether oxygens (including phenoxy) is 3. The van der Waals surface area contributed by atoms with Crippen molar-refractivity contribution < 1.29 is 28.4 Å². The van der Waals surface area contributed by atoms with E-state index in [1.165, 1.54) is 25.0 Å². The number of nitrogens with two attached hydrogens (primary N) is 2. The molecule has 2 aromatic carbocycles. The summed E-state index contributed by atoms with van der Waals surface area (Å²) in [6.45, 7) is 0. The molecule has 1 unspecified atom stereocenters. The number of rotatable bonds is 10. The van der Waals surface area contributed by atoms with Crippen LogP contribution in [0.15, 0.2) is 64.8 Å². The van der Waals surface area contributed by atoms with Crippen LogP contribution in [0.3, 0.4) is 0 Å².